The van der Waals surface area contributed by atoms with Gasteiger partial charge in [-0.15, -0.1) is 0 Å². The van der Waals surface area contributed by atoms with Gasteiger partial charge in [-0.25, -0.2) is 0 Å². The second-order valence-corrected chi connectivity index (χ2v) is 6.04. The molecule has 1 aliphatic rings. The van der Waals surface area contributed by atoms with Crippen LogP contribution in [0.3, 0.4) is 0 Å². The molecule has 0 spiro atoms. The van der Waals surface area contributed by atoms with Gasteiger partial charge < -0.3 is 15.7 Å². The van der Waals surface area contributed by atoms with Crippen LogP contribution in [-0.2, 0) is 0 Å². The molecular weight excluding hydrogens is 268 g/mol. The van der Waals surface area contributed by atoms with Crippen molar-refractivity contribution in [3.8, 4) is 0 Å². The lowest BCUT2D eigenvalue weighted by molar-refractivity contribution is 0.149. The Morgan fingerprint density at radius 1 is 1.48 bits per heavy atom. The molecule has 0 amide bonds. The van der Waals surface area contributed by atoms with Crippen LogP contribution in [0.4, 0.5) is 11.8 Å². The minimum Gasteiger partial charge on any atom is -0.394 e. The molecule has 2 atom stereocenters. The Hall–Kier alpha value is -1.89. The minimum absolute atomic E-state index is 0.107. The molecule has 1 saturated carbocycles. The van der Waals surface area contributed by atoms with Crippen LogP contribution in [0.25, 0.3) is 11.0 Å². The molecule has 0 radical (unpaired) electrons. The lowest BCUT2D eigenvalue weighted by Crippen LogP contribution is -2.46. The first-order chi connectivity index (χ1) is 10.2. The summed E-state index contributed by atoms with van der Waals surface area (Å²) in [6.45, 7) is 2.34. The maximum Gasteiger partial charge on any atom is 0.226 e. The summed E-state index contributed by atoms with van der Waals surface area (Å²) in [6, 6.07) is 0. The monoisotopic (exact) mass is 290 g/mol. The van der Waals surface area contributed by atoms with Gasteiger partial charge in [-0.05, 0) is 18.8 Å². The third-order valence-corrected chi connectivity index (χ3v) is 4.31. The largest absolute Gasteiger partial charge is 0.394 e. The smallest absolute Gasteiger partial charge is 0.226 e. The van der Waals surface area contributed by atoms with Crippen LogP contribution in [0.5, 0.6) is 0 Å². The van der Waals surface area contributed by atoms with Crippen LogP contribution in [0, 0.1) is 5.92 Å². The van der Waals surface area contributed by atoms with E-state index < -0.39 is 0 Å². The fourth-order valence-electron chi connectivity index (χ4n) is 3.25. The molecule has 0 bridgehead atoms. The van der Waals surface area contributed by atoms with Gasteiger partial charge in [-0.2, -0.15) is 15.1 Å². The SMILES string of the molecule is CNc1nc(NC2(CO)CCCC(C)C2)c2cn[nH]c2n1. The molecule has 7 heteroatoms. The molecule has 0 saturated heterocycles. The summed E-state index contributed by atoms with van der Waals surface area (Å²) in [5, 5.41) is 24.1. The van der Waals surface area contributed by atoms with E-state index >= 15 is 0 Å². The number of nitrogens with zero attached hydrogens (tertiary/aromatic N) is 3. The fraction of sp³-hybridized carbons (Fsp3) is 0.643. The molecule has 4 N–H and O–H groups in total. The summed E-state index contributed by atoms with van der Waals surface area (Å²) >= 11 is 0. The van der Waals surface area contributed by atoms with Gasteiger partial charge in [-0.1, -0.05) is 19.8 Å². The Bertz CT molecular complexity index is 627. The van der Waals surface area contributed by atoms with Crippen molar-refractivity contribution in [2.75, 3.05) is 24.3 Å². The Morgan fingerprint density at radius 2 is 2.33 bits per heavy atom. The van der Waals surface area contributed by atoms with E-state index in [4.69, 9.17) is 0 Å². The first kappa shape index (κ1) is 14.1. The standard InChI is InChI=1S/C14H22N6O/c1-9-4-3-5-14(6-9,8-21)19-11-10-7-16-20-12(10)18-13(15-2)17-11/h7,9,21H,3-6,8H2,1-2H3,(H3,15,16,17,18,19,20). The van der Waals surface area contributed by atoms with Crippen molar-refractivity contribution in [2.24, 2.45) is 5.92 Å². The van der Waals surface area contributed by atoms with Gasteiger partial charge in [0.2, 0.25) is 5.95 Å². The summed E-state index contributed by atoms with van der Waals surface area (Å²) in [4.78, 5) is 8.83. The Kier molecular flexibility index (Phi) is 3.67. The quantitative estimate of drug-likeness (QED) is 0.684. The third kappa shape index (κ3) is 2.65. The second-order valence-electron chi connectivity index (χ2n) is 6.04. The Balaban J connectivity index is 1.97. The number of H-pyrrole nitrogens is 1. The molecule has 0 aliphatic heterocycles. The zero-order valence-corrected chi connectivity index (χ0v) is 12.5. The number of hydrogen-bond donors (Lipinski definition) is 4. The summed E-state index contributed by atoms with van der Waals surface area (Å²) in [5.74, 6) is 1.86. The number of aromatic amines is 1. The normalized spacial score (nSPS) is 26.0. The van der Waals surface area contributed by atoms with Gasteiger partial charge >= 0.3 is 0 Å². The first-order valence-corrected chi connectivity index (χ1v) is 7.44. The van der Waals surface area contributed by atoms with E-state index in [1.807, 2.05) is 0 Å². The first-order valence-electron chi connectivity index (χ1n) is 7.44. The van der Waals surface area contributed by atoms with Crippen LogP contribution in [0.1, 0.15) is 32.6 Å². The van der Waals surface area contributed by atoms with Gasteiger partial charge in [0.05, 0.1) is 23.7 Å². The Morgan fingerprint density at radius 3 is 3.05 bits per heavy atom. The van der Waals surface area contributed by atoms with Gasteiger partial charge in [0.25, 0.3) is 0 Å². The Labute approximate surface area is 123 Å². The van der Waals surface area contributed by atoms with Gasteiger partial charge in [-0.3, -0.25) is 5.10 Å². The van der Waals surface area contributed by atoms with E-state index in [0.717, 1.165) is 30.5 Å². The topological polar surface area (TPSA) is 98.8 Å². The molecule has 0 aromatic carbocycles. The molecule has 7 nitrogen and oxygen atoms in total. The van der Waals surface area contributed by atoms with Crippen molar-refractivity contribution < 1.29 is 5.11 Å². The van der Waals surface area contributed by atoms with Crippen LogP contribution >= 0.6 is 0 Å². The molecule has 1 fully saturated rings. The average Bonchev–Trinajstić information content (AvgIpc) is 2.95. The van der Waals surface area contributed by atoms with Crippen molar-refractivity contribution in [3.05, 3.63) is 6.20 Å². The molecule has 2 aromatic rings. The highest BCUT2D eigenvalue weighted by atomic mass is 16.3. The average molecular weight is 290 g/mol. The number of aliphatic hydroxyl groups excluding tert-OH is 1. The number of nitrogens with one attached hydrogen (secondary N) is 3. The van der Waals surface area contributed by atoms with Crippen molar-refractivity contribution in [1.82, 2.24) is 20.2 Å². The predicted molar refractivity (Wildman–Crippen MR) is 82.3 cm³/mol. The molecule has 2 heterocycles. The molecular formula is C14H22N6O. The molecule has 2 aromatic heterocycles. The highest BCUT2D eigenvalue weighted by Gasteiger charge is 2.35. The van der Waals surface area contributed by atoms with Crippen LogP contribution in [-0.4, -0.2) is 44.5 Å². The molecule has 1 aliphatic carbocycles. The van der Waals surface area contributed by atoms with Crippen molar-refractivity contribution in [2.45, 2.75) is 38.1 Å². The second kappa shape index (κ2) is 5.48. The van der Waals surface area contributed by atoms with Crippen LogP contribution in [0.2, 0.25) is 0 Å². The van der Waals surface area contributed by atoms with Gasteiger partial charge in [0.15, 0.2) is 5.65 Å². The van der Waals surface area contributed by atoms with E-state index in [1.165, 1.54) is 6.42 Å². The number of anilines is 2. The van der Waals surface area contributed by atoms with Crippen molar-refractivity contribution >= 4 is 22.8 Å². The summed E-state index contributed by atoms with van der Waals surface area (Å²) in [6.07, 6.45) is 5.95. The van der Waals surface area contributed by atoms with Crippen molar-refractivity contribution in [1.29, 1.82) is 0 Å². The third-order valence-electron chi connectivity index (χ3n) is 4.31. The lowest BCUT2D eigenvalue weighted by atomic mass is 9.77. The highest BCUT2D eigenvalue weighted by molar-refractivity contribution is 5.87. The van der Waals surface area contributed by atoms with E-state index in [1.54, 1.807) is 13.2 Å². The van der Waals surface area contributed by atoms with E-state index in [-0.39, 0.29) is 12.1 Å². The predicted octanol–water partition coefficient (Wildman–Crippen LogP) is 1.75. The molecule has 21 heavy (non-hydrogen) atoms. The number of aliphatic hydroxyl groups is 1. The summed E-state index contributed by atoms with van der Waals surface area (Å²) in [7, 11) is 1.78. The van der Waals surface area contributed by atoms with E-state index in [2.05, 4.69) is 37.7 Å². The number of aromatic nitrogens is 4. The van der Waals surface area contributed by atoms with Gasteiger partial charge in [0, 0.05) is 7.05 Å². The van der Waals surface area contributed by atoms with Gasteiger partial charge in [0.1, 0.15) is 5.82 Å². The fourth-order valence-corrected chi connectivity index (χ4v) is 3.25. The molecule has 2 unspecified atom stereocenters. The maximum atomic E-state index is 9.92. The number of hydrogen-bond acceptors (Lipinski definition) is 6. The van der Waals surface area contributed by atoms with E-state index in [9.17, 15) is 5.11 Å². The maximum absolute atomic E-state index is 9.92. The highest BCUT2D eigenvalue weighted by Crippen LogP contribution is 2.35. The number of fused-ring (bicyclic) bond motifs is 1. The zero-order valence-electron chi connectivity index (χ0n) is 12.5. The lowest BCUT2D eigenvalue weighted by Gasteiger charge is -2.39. The van der Waals surface area contributed by atoms with Crippen LogP contribution in [0.15, 0.2) is 6.20 Å². The van der Waals surface area contributed by atoms with E-state index in [0.29, 0.717) is 17.5 Å². The molecule has 114 valence electrons. The zero-order chi connectivity index (χ0) is 14.9. The minimum atomic E-state index is -0.304. The van der Waals surface area contributed by atoms with Crippen LogP contribution < -0.4 is 10.6 Å². The van der Waals surface area contributed by atoms with Crippen molar-refractivity contribution in [3.63, 3.8) is 0 Å². The number of rotatable bonds is 4. The molecule has 3 rings (SSSR count). The summed E-state index contributed by atoms with van der Waals surface area (Å²) < 4.78 is 0. The summed E-state index contributed by atoms with van der Waals surface area (Å²) in [5.41, 5.74) is 0.384.